The number of Topliss-reactive ketones (excluding diaryl/α,β-unsaturated/α-hetero) is 1. The second-order valence-electron chi connectivity index (χ2n) is 9.67. The van der Waals surface area contributed by atoms with Gasteiger partial charge in [-0.15, -0.1) is 0 Å². The molecule has 1 N–H and O–H groups in total. The minimum atomic E-state index is -0.657. The van der Waals surface area contributed by atoms with Gasteiger partial charge in [-0.25, -0.2) is 0 Å². The molecular formula is C28H36N2O4. The Morgan fingerprint density at radius 1 is 1.06 bits per heavy atom. The third kappa shape index (κ3) is 5.68. The van der Waals surface area contributed by atoms with Gasteiger partial charge in [0.25, 0.3) is 11.7 Å². The van der Waals surface area contributed by atoms with Gasteiger partial charge in [-0.05, 0) is 70.1 Å². The molecule has 1 saturated heterocycles. The number of likely N-dealkylation sites (tertiary alicyclic amines) is 1. The standard InChI is InChI=1S/C28H36N2O4/c1-18(2)20-11-13-21(14-12-20)25-24(27(32)28(33)30(25)16-8-15-29(5)6)26(31)22-9-7-10-23(17-22)34-19(3)4/h7,9-14,17-19,25,31H,8,15-16H2,1-6H3/b26-24-. The summed E-state index contributed by atoms with van der Waals surface area (Å²) in [4.78, 5) is 29.9. The Kier molecular flexibility index (Phi) is 8.15. The van der Waals surface area contributed by atoms with Gasteiger partial charge in [0.05, 0.1) is 17.7 Å². The summed E-state index contributed by atoms with van der Waals surface area (Å²) in [6.45, 7) is 9.30. The summed E-state index contributed by atoms with van der Waals surface area (Å²) in [6, 6.07) is 14.3. The van der Waals surface area contributed by atoms with E-state index < -0.39 is 17.7 Å². The van der Waals surface area contributed by atoms with E-state index >= 15 is 0 Å². The lowest BCUT2D eigenvalue weighted by molar-refractivity contribution is -0.139. The maximum absolute atomic E-state index is 13.2. The highest BCUT2D eigenvalue weighted by molar-refractivity contribution is 6.46. The summed E-state index contributed by atoms with van der Waals surface area (Å²) in [5.41, 5.74) is 2.55. The summed E-state index contributed by atoms with van der Waals surface area (Å²) < 4.78 is 5.76. The van der Waals surface area contributed by atoms with E-state index in [2.05, 4.69) is 13.8 Å². The lowest BCUT2D eigenvalue weighted by atomic mass is 9.93. The molecule has 1 aliphatic rings. The zero-order valence-electron chi connectivity index (χ0n) is 21.0. The number of ketones is 1. The second kappa shape index (κ2) is 10.9. The quantitative estimate of drug-likeness (QED) is 0.322. The fourth-order valence-corrected chi connectivity index (χ4v) is 4.22. The molecule has 34 heavy (non-hydrogen) atoms. The highest BCUT2D eigenvalue weighted by Crippen LogP contribution is 2.40. The van der Waals surface area contributed by atoms with Gasteiger partial charge in [0, 0.05) is 12.1 Å². The van der Waals surface area contributed by atoms with Gasteiger partial charge in [-0.1, -0.05) is 50.2 Å². The van der Waals surface area contributed by atoms with Crippen LogP contribution in [0.15, 0.2) is 54.1 Å². The zero-order valence-corrected chi connectivity index (χ0v) is 21.0. The van der Waals surface area contributed by atoms with E-state index in [1.54, 1.807) is 29.2 Å². The molecule has 3 rings (SSSR count). The van der Waals surface area contributed by atoms with Crippen LogP contribution in [0, 0.1) is 0 Å². The molecule has 0 bridgehead atoms. The number of carbonyl (C=O) groups excluding carboxylic acids is 2. The Labute approximate surface area is 202 Å². The van der Waals surface area contributed by atoms with E-state index in [0.29, 0.717) is 23.8 Å². The monoisotopic (exact) mass is 464 g/mol. The van der Waals surface area contributed by atoms with E-state index in [-0.39, 0.29) is 17.4 Å². The number of aliphatic hydroxyl groups excluding tert-OH is 1. The molecule has 2 aromatic carbocycles. The number of rotatable bonds is 9. The summed E-state index contributed by atoms with van der Waals surface area (Å²) in [5, 5.41) is 11.3. The van der Waals surface area contributed by atoms with Crippen LogP contribution in [0.25, 0.3) is 5.76 Å². The molecule has 1 unspecified atom stereocenters. The van der Waals surface area contributed by atoms with Crippen LogP contribution in [-0.2, 0) is 9.59 Å². The molecule has 0 aliphatic carbocycles. The van der Waals surface area contributed by atoms with Gasteiger partial charge in [0.1, 0.15) is 11.5 Å². The second-order valence-corrected chi connectivity index (χ2v) is 9.67. The van der Waals surface area contributed by atoms with Gasteiger partial charge in [0.15, 0.2) is 0 Å². The normalized spacial score (nSPS) is 17.9. The van der Waals surface area contributed by atoms with Crippen molar-refractivity contribution in [2.75, 3.05) is 27.2 Å². The molecule has 182 valence electrons. The van der Waals surface area contributed by atoms with Crippen molar-refractivity contribution >= 4 is 17.4 Å². The van der Waals surface area contributed by atoms with Gasteiger partial charge in [-0.3, -0.25) is 9.59 Å². The van der Waals surface area contributed by atoms with Gasteiger partial charge < -0.3 is 19.6 Å². The number of carbonyl (C=O) groups is 2. The maximum Gasteiger partial charge on any atom is 0.295 e. The van der Waals surface area contributed by atoms with Crippen LogP contribution >= 0.6 is 0 Å². The van der Waals surface area contributed by atoms with Crippen molar-refractivity contribution in [3.63, 3.8) is 0 Å². The van der Waals surface area contributed by atoms with Gasteiger partial charge in [-0.2, -0.15) is 0 Å². The first kappa shape index (κ1) is 25.5. The van der Waals surface area contributed by atoms with Crippen molar-refractivity contribution < 1.29 is 19.4 Å². The SMILES string of the molecule is CC(C)Oc1cccc(/C(O)=C2/C(=O)C(=O)N(CCCN(C)C)C2c2ccc(C(C)C)cc2)c1. The first-order valence-corrected chi connectivity index (χ1v) is 11.9. The molecular weight excluding hydrogens is 428 g/mol. The summed E-state index contributed by atoms with van der Waals surface area (Å²) in [5.74, 6) is -0.454. The van der Waals surface area contributed by atoms with Crippen LogP contribution in [0.1, 0.15) is 62.8 Å². The van der Waals surface area contributed by atoms with Crippen LogP contribution in [0.3, 0.4) is 0 Å². The molecule has 2 aromatic rings. The molecule has 6 heteroatoms. The van der Waals surface area contributed by atoms with Crippen molar-refractivity contribution in [2.45, 2.75) is 52.2 Å². The molecule has 0 spiro atoms. The molecule has 6 nitrogen and oxygen atoms in total. The zero-order chi connectivity index (χ0) is 25.0. The largest absolute Gasteiger partial charge is 0.507 e. The fourth-order valence-electron chi connectivity index (χ4n) is 4.22. The topological polar surface area (TPSA) is 70.1 Å². The van der Waals surface area contributed by atoms with E-state index in [1.807, 2.05) is 57.1 Å². The Balaban J connectivity index is 2.08. The Morgan fingerprint density at radius 3 is 2.32 bits per heavy atom. The van der Waals surface area contributed by atoms with Gasteiger partial charge in [0.2, 0.25) is 0 Å². The first-order chi connectivity index (χ1) is 16.1. The van der Waals surface area contributed by atoms with Crippen LogP contribution in [0.2, 0.25) is 0 Å². The molecule has 0 saturated carbocycles. The lowest BCUT2D eigenvalue weighted by Crippen LogP contribution is -2.32. The number of ether oxygens (including phenoxy) is 1. The number of amides is 1. The molecule has 1 atom stereocenters. The fraction of sp³-hybridized carbons (Fsp3) is 0.429. The third-order valence-electron chi connectivity index (χ3n) is 5.94. The van der Waals surface area contributed by atoms with E-state index in [4.69, 9.17) is 4.74 Å². The summed E-state index contributed by atoms with van der Waals surface area (Å²) in [6.07, 6.45) is 0.692. The molecule has 1 heterocycles. The lowest BCUT2D eigenvalue weighted by Gasteiger charge is -2.26. The molecule has 1 amide bonds. The average Bonchev–Trinajstić information content (AvgIpc) is 3.03. The number of hydrogen-bond acceptors (Lipinski definition) is 5. The van der Waals surface area contributed by atoms with Crippen LogP contribution in [0.5, 0.6) is 5.75 Å². The van der Waals surface area contributed by atoms with Crippen molar-refractivity contribution in [2.24, 2.45) is 0 Å². The number of aliphatic hydroxyl groups is 1. The Hall–Kier alpha value is -3.12. The number of hydrogen-bond donors (Lipinski definition) is 1. The van der Waals surface area contributed by atoms with E-state index in [9.17, 15) is 14.7 Å². The molecule has 0 aromatic heterocycles. The van der Waals surface area contributed by atoms with Crippen LogP contribution < -0.4 is 4.74 Å². The smallest absolute Gasteiger partial charge is 0.295 e. The van der Waals surface area contributed by atoms with Crippen LogP contribution in [-0.4, -0.2) is 59.9 Å². The van der Waals surface area contributed by atoms with Crippen molar-refractivity contribution in [3.05, 3.63) is 70.8 Å². The van der Waals surface area contributed by atoms with Gasteiger partial charge >= 0.3 is 0 Å². The Bertz CT molecular complexity index is 1050. The number of nitrogens with zero attached hydrogens (tertiary/aromatic N) is 2. The van der Waals surface area contributed by atoms with Crippen molar-refractivity contribution in [1.29, 1.82) is 0 Å². The molecule has 0 radical (unpaired) electrons. The predicted molar refractivity (Wildman–Crippen MR) is 135 cm³/mol. The number of benzene rings is 2. The molecule has 1 fully saturated rings. The molecule has 1 aliphatic heterocycles. The van der Waals surface area contributed by atoms with Crippen molar-refractivity contribution in [3.8, 4) is 5.75 Å². The third-order valence-corrected chi connectivity index (χ3v) is 5.94. The summed E-state index contributed by atoms with van der Waals surface area (Å²) >= 11 is 0. The van der Waals surface area contributed by atoms with E-state index in [0.717, 1.165) is 18.5 Å². The average molecular weight is 465 g/mol. The Morgan fingerprint density at radius 2 is 1.74 bits per heavy atom. The van der Waals surface area contributed by atoms with Crippen LogP contribution in [0.4, 0.5) is 0 Å². The highest BCUT2D eigenvalue weighted by atomic mass is 16.5. The highest BCUT2D eigenvalue weighted by Gasteiger charge is 2.45. The maximum atomic E-state index is 13.2. The first-order valence-electron chi connectivity index (χ1n) is 11.9. The van der Waals surface area contributed by atoms with E-state index in [1.165, 1.54) is 5.56 Å². The minimum Gasteiger partial charge on any atom is -0.507 e. The minimum absolute atomic E-state index is 0.0286. The summed E-state index contributed by atoms with van der Waals surface area (Å²) in [7, 11) is 3.95. The van der Waals surface area contributed by atoms with Crippen molar-refractivity contribution in [1.82, 2.24) is 9.80 Å². The predicted octanol–water partition coefficient (Wildman–Crippen LogP) is 4.97.